The van der Waals surface area contributed by atoms with Gasteiger partial charge in [-0.1, -0.05) is 78.3 Å². The number of benzene rings is 3. The third-order valence-corrected chi connectivity index (χ3v) is 21.9. The van der Waals surface area contributed by atoms with Gasteiger partial charge in [0.25, 0.3) is 5.91 Å². The van der Waals surface area contributed by atoms with Crippen LogP contribution in [0.15, 0.2) is 76.7 Å². The molecule has 0 aromatic heterocycles. The first-order valence-electron chi connectivity index (χ1n) is 28.7. The molecule has 2 aromatic rings. The summed E-state index contributed by atoms with van der Waals surface area (Å²) >= 11 is 0. The maximum Gasteiger partial charge on any atom is 0.302 e. The summed E-state index contributed by atoms with van der Waals surface area (Å²) in [7, 11) is 0. The van der Waals surface area contributed by atoms with Crippen LogP contribution in [-0.2, 0) is 14.3 Å². The van der Waals surface area contributed by atoms with Gasteiger partial charge in [-0.3, -0.25) is 14.4 Å². The van der Waals surface area contributed by atoms with Gasteiger partial charge in [0, 0.05) is 91.5 Å². The predicted molar refractivity (Wildman–Crippen MR) is 295 cm³/mol. The Balaban J connectivity index is 0.00000672. The Morgan fingerprint density at radius 2 is 1.47 bits per heavy atom. The number of fused-ring (bicyclic) bond motifs is 9. The van der Waals surface area contributed by atoms with Crippen molar-refractivity contribution in [1.29, 1.82) is 0 Å². The molecule has 0 radical (unpaired) electrons. The van der Waals surface area contributed by atoms with Crippen LogP contribution >= 0.6 is 0 Å². The maximum absolute atomic E-state index is 15.7. The number of hydrogen-bond donors (Lipinski definition) is 0. The van der Waals surface area contributed by atoms with Crippen molar-refractivity contribution in [1.82, 2.24) is 14.4 Å². The monoisotopic (exact) mass is 1030 g/mol. The lowest BCUT2D eigenvalue weighted by atomic mass is 9.33. The highest BCUT2D eigenvalue weighted by Gasteiger charge is 2.70. The highest BCUT2D eigenvalue weighted by Crippen LogP contribution is 2.76. The number of halogens is 1. The molecule has 4 saturated carbocycles. The number of nitrogens with zero attached hydrogens (tertiary/aromatic N) is 4. The van der Waals surface area contributed by atoms with E-state index in [0.29, 0.717) is 61.3 Å². The summed E-state index contributed by atoms with van der Waals surface area (Å²) in [6, 6.07) is 21.2. The zero-order valence-electron chi connectivity index (χ0n) is 47.0. The number of carbonyl (C=O) groups excluding carboxylic acids is 3. The Bertz CT molecular complexity index is 2870. The molecule has 0 bridgehead atoms. The van der Waals surface area contributed by atoms with E-state index in [1.165, 1.54) is 6.42 Å². The van der Waals surface area contributed by atoms with Crippen LogP contribution in [0.4, 0.5) is 5.69 Å². The Morgan fingerprint density at radius 3 is 2.16 bits per heavy atom. The second kappa shape index (κ2) is 20.1. The van der Waals surface area contributed by atoms with E-state index in [-0.39, 0.29) is 58.0 Å². The van der Waals surface area contributed by atoms with Gasteiger partial charge in [0.15, 0.2) is 0 Å². The third kappa shape index (κ3) is 8.28. The summed E-state index contributed by atoms with van der Waals surface area (Å²) in [4.78, 5) is 49.6. The second-order valence-corrected chi connectivity index (χ2v) is 25.1. The number of ether oxygens (including phenoxy) is 1. The van der Waals surface area contributed by atoms with Crippen molar-refractivity contribution < 1.29 is 35.9 Å². The minimum atomic E-state index is -0.429. The number of piperazine rings is 1. The topological polar surface area (TPSA) is 86.3 Å². The molecule has 2 heterocycles. The van der Waals surface area contributed by atoms with Crippen molar-refractivity contribution in [3.8, 4) is 22.5 Å². The van der Waals surface area contributed by atoms with Crippen LogP contribution in [-0.4, -0.2) is 86.0 Å². The van der Waals surface area contributed by atoms with Crippen molar-refractivity contribution in [2.45, 2.75) is 147 Å². The van der Waals surface area contributed by atoms with E-state index >= 15 is 9.59 Å². The summed E-state index contributed by atoms with van der Waals surface area (Å²) in [5.74, 6) is 3.15. The standard InChI is InChI=1S/C64H87N4O5.ClH/c1-13-65(14-2)44-21-23-48-51(39-44)73-52-40-45(66(15-3)16-4)22-24-49(52)56(48)46-19-17-18-20-47(46)58(70)67-35-37-68(38-36-67)59(71)64-32-27-41(5)42(6)57(64)50-25-26-54-61(10)30-29-55(72-43(7)69)60(8,9)53(61)28-31-63(54,12)62(50,11)33-34-64;/h17-25,39-42,53-55,57H,13-16,26-38H2,1-12H3;1H/q+1;/p-1/t41-,42+,53+,54-,55+,57+,61+,62-,63-,64+;/m1./s1. The molecule has 5 fully saturated rings. The van der Waals surface area contributed by atoms with Gasteiger partial charge >= 0.3 is 5.97 Å². The van der Waals surface area contributed by atoms with Crippen LogP contribution in [0.5, 0.6) is 0 Å². The fraction of sp³-hybridized carbons (Fsp3) is 0.625. The molecular formula is C64H87ClN4O5. The number of hydrogen-bond acceptors (Lipinski definition) is 6. The van der Waals surface area contributed by atoms with Crippen LogP contribution in [0, 0.1) is 56.7 Å². The SMILES string of the molecule is CCN(CC)c1ccc2c(-c3ccccc3C(=O)N3CCN(C(=O)[C@]45CC[C@@H](C)[C@H](C)[C@H]4C4=CC[C@@H]6[C@@]7(C)CC[C@H](OC(C)=O)C(C)(C)[C@@H]7CC[C@@]6(C)[C@]4(C)CC5)CC3)c3ccc(=[N+](CC)CC)cc-3oc2c1.[Cl-]. The number of carbonyl (C=O) groups is 3. The van der Waals surface area contributed by atoms with Crippen molar-refractivity contribution in [3.05, 3.63) is 83.2 Å². The zero-order chi connectivity index (χ0) is 52.0. The average Bonchev–Trinajstić information content (AvgIpc) is 3.38. The third-order valence-electron chi connectivity index (χ3n) is 21.9. The van der Waals surface area contributed by atoms with Gasteiger partial charge in [-0.2, -0.15) is 0 Å². The van der Waals surface area contributed by atoms with Crippen molar-refractivity contribution in [3.63, 3.8) is 0 Å². The molecule has 8 aliphatic rings. The van der Waals surface area contributed by atoms with Gasteiger partial charge in [0.2, 0.25) is 11.3 Å². The van der Waals surface area contributed by atoms with Gasteiger partial charge in [-0.15, -0.1) is 0 Å². The quantitative estimate of drug-likeness (QED) is 0.0719. The molecule has 0 N–H and O–H groups in total. The maximum atomic E-state index is 15.7. The summed E-state index contributed by atoms with van der Waals surface area (Å²) in [6.07, 6.45) is 12.0. The molecule has 400 valence electrons. The second-order valence-electron chi connectivity index (χ2n) is 25.1. The Labute approximate surface area is 449 Å². The van der Waals surface area contributed by atoms with E-state index in [2.05, 4.69) is 139 Å². The minimum absolute atomic E-state index is 0. The molecule has 0 spiro atoms. The Hall–Kier alpha value is -4.63. The van der Waals surface area contributed by atoms with E-state index in [0.717, 1.165) is 122 Å². The van der Waals surface area contributed by atoms with E-state index in [9.17, 15) is 4.79 Å². The summed E-state index contributed by atoms with van der Waals surface area (Å²) in [6.45, 7) is 33.4. The minimum Gasteiger partial charge on any atom is -1.00 e. The Kier molecular flexibility index (Phi) is 14.7. The zero-order valence-corrected chi connectivity index (χ0v) is 47.8. The van der Waals surface area contributed by atoms with E-state index in [1.54, 1.807) is 12.5 Å². The number of esters is 1. The van der Waals surface area contributed by atoms with Crippen molar-refractivity contribution >= 4 is 34.4 Å². The van der Waals surface area contributed by atoms with E-state index < -0.39 is 5.41 Å². The van der Waals surface area contributed by atoms with Gasteiger partial charge in [0.1, 0.15) is 30.5 Å². The van der Waals surface area contributed by atoms with Gasteiger partial charge in [-0.05, 0) is 161 Å². The molecule has 1 saturated heterocycles. The summed E-state index contributed by atoms with van der Waals surface area (Å²) in [5.41, 5.74) is 6.82. The van der Waals surface area contributed by atoms with Gasteiger partial charge < -0.3 is 36.3 Å². The molecular weight excluding hydrogens is 940 g/mol. The number of allylic oxidation sites excluding steroid dienone is 2. The molecule has 10 heteroatoms. The molecule has 10 rings (SSSR count). The Morgan fingerprint density at radius 1 is 0.770 bits per heavy atom. The van der Waals surface area contributed by atoms with Gasteiger partial charge in [0.05, 0.1) is 11.5 Å². The normalized spacial score (nSPS) is 32.2. The molecule has 2 aromatic carbocycles. The van der Waals surface area contributed by atoms with Crippen LogP contribution in [0.1, 0.15) is 151 Å². The smallest absolute Gasteiger partial charge is 0.302 e. The highest BCUT2D eigenvalue weighted by atomic mass is 35.5. The van der Waals surface area contributed by atoms with Crippen LogP contribution in [0.2, 0.25) is 0 Å². The number of amides is 2. The van der Waals surface area contributed by atoms with Crippen molar-refractivity contribution in [2.75, 3.05) is 57.3 Å². The van der Waals surface area contributed by atoms with E-state index in [1.807, 2.05) is 23.1 Å². The molecule has 6 aliphatic carbocycles. The molecule has 74 heavy (non-hydrogen) atoms. The first kappa shape index (κ1) is 54.2. The van der Waals surface area contributed by atoms with Crippen LogP contribution in [0.3, 0.4) is 0 Å². The average molecular weight is 1030 g/mol. The highest BCUT2D eigenvalue weighted by molar-refractivity contribution is 6.09. The fourth-order valence-electron chi connectivity index (χ4n) is 17.5. The van der Waals surface area contributed by atoms with E-state index in [4.69, 9.17) is 9.15 Å². The first-order valence-corrected chi connectivity index (χ1v) is 28.7. The molecule has 9 nitrogen and oxygen atoms in total. The first-order chi connectivity index (χ1) is 34.8. The van der Waals surface area contributed by atoms with Crippen molar-refractivity contribution in [2.24, 2.45) is 56.7 Å². The number of rotatable bonds is 9. The van der Waals surface area contributed by atoms with Gasteiger partial charge in [-0.25, -0.2) is 4.58 Å². The summed E-state index contributed by atoms with van der Waals surface area (Å²) < 4.78 is 15.2. The largest absolute Gasteiger partial charge is 1.00 e. The van der Waals surface area contributed by atoms with Crippen LogP contribution in [0.25, 0.3) is 33.4 Å². The molecule has 0 unspecified atom stereocenters. The molecule has 2 amide bonds. The fourth-order valence-corrected chi connectivity index (χ4v) is 17.5. The predicted octanol–water partition coefficient (Wildman–Crippen LogP) is 9.74. The molecule has 2 aliphatic heterocycles. The summed E-state index contributed by atoms with van der Waals surface area (Å²) in [5, 5.41) is 2.10. The number of anilines is 1. The lowest BCUT2D eigenvalue weighted by Gasteiger charge is -2.71. The lowest BCUT2D eigenvalue weighted by Crippen LogP contribution is -3.00. The molecule has 10 atom stereocenters. The lowest BCUT2D eigenvalue weighted by molar-refractivity contribution is -0.213. The van der Waals surface area contributed by atoms with Crippen LogP contribution < -0.4 is 27.2 Å².